The highest BCUT2D eigenvalue weighted by Crippen LogP contribution is 2.44. The lowest BCUT2D eigenvalue weighted by Gasteiger charge is -2.28. The number of nitrogens with one attached hydrogen (secondary N) is 2. The van der Waals surface area contributed by atoms with Gasteiger partial charge in [-0.25, -0.2) is 0 Å². The van der Waals surface area contributed by atoms with Gasteiger partial charge in [-0.1, -0.05) is 19.1 Å². The second-order valence-electron chi connectivity index (χ2n) is 3.39. The molecule has 0 aliphatic carbocycles. The number of benzene rings is 1. The number of rotatable bonds is 2. The molecule has 0 aromatic heterocycles. The fourth-order valence-corrected chi connectivity index (χ4v) is 2.96. The Kier molecular flexibility index (Phi) is 1.65. The minimum atomic E-state index is 0.426. The number of hydrogen-bond acceptors (Lipinski definition) is 3. The molecule has 13 heavy (non-hydrogen) atoms. The maximum Gasteiger partial charge on any atom is 0.0879 e. The van der Waals surface area contributed by atoms with Crippen molar-refractivity contribution in [1.82, 2.24) is 10.6 Å². The Morgan fingerprint density at radius 1 is 1.31 bits per heavy atom. The van der Waals surface area contributed by atoms with Crippen LogP contribution in [0, 0.1) is 0 Å². The normalized spacial score (nSPS) is 28.4. The van der Waals surface area contributed by atoms with Crippen molar-refractivity contribution in [3.05, 3.63) is 29.3 Å². The second-order valence-corrected chi connectivity index (χ2v) is 4.70. The smallest absolute Gasteiger partial charge is 0.0879 e. The van der Waals surface area contributed by atoms with Gasteiger partial charge in [0.1, 0.15) is 0 Å². The molecule has 2 N–H and O–H groups in total. The van der Waals surface area contributed by atoms with Gasteiger partial charge in [0.15, 0.2) is 0 Å². The zero-order chi connectivity index (χ0) is 8.84. The first-order valence-corrected chi connectivity index (χ1v) is 5.66. The fourth-order valence-electron chi connectivity index (χ4n) is 2.08. The van der Waals surface area contributed by atoms with Gasteiger partial charge in [0.25, 0.3) is 0 Å². The molecule has 0 saturated carbocycles. The number of hydrogen-bond donors (Lipinski definition) is 2. The van der Waals surface area contributed by atoms with Crippen LogP contribution in [0.1, 0.15) is 30.4 Å². The Morgan fingerprint density at radius 2 is 2.15 bits per heavy atom. The summed E-state index contributed by atoms with van der Waals surface area (Å²) in [4.78, 5) is 1.44. The van der Waals surface area contributed by atoms with Crippen molar-refractivity contribution in [3.8, 4) is 0 Å². The second kappa shape index (κ2) is 2.74. The van der Waals surface area contributed by atoms with Crippen molar-refractivity contribution in [1.29, 1.82) is 0 Å². The maximum atomic E-state index is 3.46. The van der Waals surface area contributed by atoms with E-state index in [4.69, 9.17) is 0 Å². The summed E-state index contributed by atoms with van der Waals surface area (Å²) in [5, 5.41) is 6.91. The fraction of sp³-hybridized carbons (Fsp3) is 0.400. The van der Waals surface area contributed by atoms with E-state index in [0.29, 0.717) is 12.3 Å². The summed E-state index contributed by atoms with van der Waals surface area (Å²) in [6, 6.07) is 6.59. The third-order valence-corrected chi connectivity index (χ3v) is 3.62. The Balaban J connectivity index is 2.08. The molecule has 1 saturated heterocycles. The highest BCUT2D eigenvalue weighted by molar-refractivity contribution is 7.99. The van der Waals surface area contributed by atoms with Crippen LogP contribution in [0.3, 0.4) is 0 Å². The minimum Gasteiger partial charge on any atom is -0.279 e. The topological polar surface area (TPSA) is 24.1 Å². The third-order valence-electron chi connectivity index (χ3n) is 2.67. The molecule has 0 radical (unpaired) electrons. The predicted octanol–water partition coefficient (Wildman–Crippen LogP) is 2.00. The largest absolute Gasteiger partial charge is 0.279 e. The van der Waals surface area contributed by atoms with Crippen LogP contribution in [0.15, 0.2) is 23.1 Å². The monoisotopic (exact) mass is 192 g/mol. The lowest BCUT2D eigenvalue weighted by molar-refractivity contribution is 0.246. The minimum absolute atomic E-state index is 0.426. The van der Waals surface area contributed by atoms with Crippen LogP contribution in [0.25, 0.3) is 0 Å². The Hall–Kier alpha value is -0.510. The van der Waals surface area contributed by atoms with Gasteiger partial charge in [-0.05, 0) is 17.4 Å². The van der Waals surface area contributed by atoms with Crippen molar-refractivity contribution in [2.75, 3.05) is 5.75 Å². The molecule has 1 aromatic carbocycles. The van der Waals surface area contributed by atoms with Crippen molar-refractivity contribution < 1.29 is 0 Å². The van der Waals surface area contributed by atoms with E-state index in [1.165, 1.54) is 16.0 Å². The highest BCUT2D eigenvalue weighted by Gasteiger charge is 2.41. The molecule has 0 atom stereocenters. The lowest BCUT2D eigenvalue weighted by Crippen LogP contribution is -2.47. The summed E-state index contributed by atoms with van der Waals surface area (Å²) >= 11 is 1.93. The maximum absolute atomic E-state index is 3.46. The van der Waals surface area contributed by atoms with E-state index >= 15 is 0 Å². The van der Waals surface area contributed by atoms with Crippen LogP contribution in [0.5, 0.6) is 0 Å². The zero-order valence-corrected chi connectivity index (χ0v) is 8.32. The summed E-state index contributed by atoms with van der Waals surface area (Å²) < 4.78 is 0. The van der Waals surface area contributed by atoms with Crippen molar-refractivity contribution in [2.24, 2.45) is 0 Å². The van der Waals surface area contributed by atoms with Gasteiger partial charge in [0.05, 0.1) is 12.3 Å². The van der Waals surface area contributed by atoms with Crippen LogP contribution >= 0.6 is 11.8 Å². The summed E-state index contributed by atoms with van der Waals surface area (Å²) in [6.45, 7) is 2.20. The quantitative estimate of drug-likeness (QED) is 0.701. The van der Waals surface area contributed by atoms with Crippen LogP contribution in [-0.4, -0.2) is 5.75 Å². The molecular formula is C10H12N2S. The zero-order valence-electron chi connectivity index (χ0n) is 7.50. The molecule has 4 rings (SSSR count). The molecule has 2 nitrogen and oxygen atoms in total. The van der Waals surface area contributed by atoms with E-state index in [1.807, 2.05) is 11.8 Å². The molecule has 0 spiro atoms. The molecule has 0 unspecified atom stereocenters. The predicted molar refractivity (Wildman–Crippen MR) is 54.6 cm³/mol. The molecule has 3 aliphatic heterocycles. The average molecular weight is 192 g/mol. The van der Waals surface area contributed by atoms with Crippen molar-refractivity contribution in [2.45, 2.75) is 24.2 Å². The third kappa shape index (κ3) is 0.980. The van der Waals surface area contributed by atoms with Gasteiger partial charge in [-0.2, -0.15) is 0 Å². The van der Waals surface area contributed by atoms with E-state index in [1.54, 1.807) is 0 Å². The van der Waals surface area contributed by atoms with Gasteiger partial charge in [-0.15, -0.1) is 11.8 Å². The van der Waals surface area contributed by atoms with Crippen LogP contribution in [0.4, 0.5) is 0 Å². The molecular weight excluding hydrogens is 180 g/mol. The SMILES string of the molecule is CCSc1cccc2c1C1NC2N1. The Morgan fingerprint density at radius 3 is 2.92 bits per heavy atom. The van der Waals surface area contributed by atoms with Crippen LogP contribution < -0.4 is 10.6 Å². The van der Waals surface area contributed by atoms with E-state index in [9.17, 15) is 0 Å². The van der Waals surface area contributed by atoms with Gasteiger partial charge in [-0.3, -0.25) is 10.6 Å². The summed E-state index contributed by atoms with van der Waals surface area (Å²) in [6.07, 6.45) is 0.854. The molecule has 3 heterocycles. The van der Waals surface area contributed by atoms with E-state index in [2.05, 4.69) is 35.8 Å². The first-order chi connectivity index (χ1) is 6.40. The first kappa shape index (κ1) is 7.85. The van der Waals surface area contributed by atoms with Gasteiger partial charge in [0.2, 0.25) is 0 Å². The first-order valence-electron chi connectivity index (χ1n) is 4.68. The lowest BCUT2D eigenvalue weighted by atomic mass is 10.1. The molecule has 1 aromatic rings. The molecule has 3 heteroatoms. The van der Waals surface area contributed by atoms with Gasteiger partial charge in [0, 0.05) is 10.5 Å². The molecule has 68 valence electrons. The van der Waals surface area contributed by atoms with Crippen LogP contribution in [-0.2, 0) is 0 Å². The average Bonchev–Trinajstić information content (AvgIpc) is 2.57. The number of thioether (sulfide) groups is 1. The van der Waals surface area contributed by atoms with E-state index < -0.39 is 0 Å². The standard InChI is InChI=1S/C10H12N2S/c1-2-13-7-5-3-4-6-8(7)10-11-9(6)12-10/h3-5,9-12H,2H2,1H3. The van der Waals surface area contributed by atoms with Gasteiger partial charge >= 0.3 is 0 Å². The Bertz CT molecular complexity index is 345. The van der Waals surface area contributed by atoms with Gasteiger partial charge < -0.3 is 0 Å². The highest BCUT2D eigenvalue weighted by atomic mass is 32.2. The summed E-state index contributed by atoms with van der Waals surface area (Å²) in [7, 11) is 0. The molecule has 3 aliphatic rings. The Labute approximate surface area is 82.1 Å². The molecule has 2 bridgehead atoms. The molecule has 0 amide bonds. The van der Waals surface area contributed by atoms with Crippen LogP contribution in [0.2, 0.25) is 0 Å². The van der Waals surface area contributed by atoms with Crippen molar-refractivity contribution >= 4 is 11.8 Å². The summed E-state index contributed by atoms with van der Waals surface area (Å²) in [5.74, 6) is 1.15. The molecule has 1 fully saturated rings. The summed E-state index contributed by atoms with van der Waals surface area (Å²) in [5.41, 5.74) is 2.93. The van der Waals surface area contributed by atoms with Crippen molar-refractivity contribution in [3.63, 3.8) is 0 Å². The van der Waals surface area contributed by atoms with E-state index in [-0.39, 0.29) is 0 Å². The van der Waals surface area contributed by atoms with E-state index in [0.717, 1.165) is 5.75 Å².